The van der Waals surface area contributed by atoms with Crippen molar-refractivity contribution in [1.82, 2.24) is 15.2 Å². The van der Waals surface area contributed by atoms with Crippen molar-refractivity contribution in [3.63, 3.8) is 0 Å². The number of hydrogen-bond donors (Lipinski definition) is 0. The molecule has 0 saturated carbocycles. The maximum Gasteiger partial charge on any atom is 0.396 e. The number of carbonyl (C=O) groups excluding carboxylic acids is 1. The number of nitriles is 1. The molecule has 2 rings (SSSR count). The number of aromatic nitrogens is 3. The summed E-state index contributed by atoms with van der Waals surface area (Å²) in [6.45, 7) is 1.94. The Kier molecular flexibility index (Phi) is 4.68. The van der Waals surface area contributed by atoms with Gasteiger partial charge in [0.2, 0.25) is 0 Å². The molecule has 20 heavy (non-hydrogen) atoms. The number of esters is 1. The van der Waals surface area contributed by atoms with Crippen molar-refractivity contribution >= 4 is 17.7 Å². The summed E-state index contributed by atoms with van der Waals surface area (Å²) in [7, 11) is 0. The SMILES string of the molecule is CCOC(=O)c1nnc(SCc2ccnc(C#N)c2)o1. The van der Waals surface area contributed by atoms with Crippen LogP contribution in [0.5, 0.6) is 0 Å². The normalized spacial score (nSPS) is 10.0. The van der Waals surface area contributed by atoms with E-state index in [-0.39, 0.29) is 17.7 Å². The first kappa shape index (κ1) is 14.0. The standard InChI is InChI=1S/C12H10N4O3S/c1-2-18-11(17)10-15-16-12(19-10)20-7-8-3-4-14-9(5-8)6-13/h3-5H,2,7H2,1H3. The second kappa shape index (κ2) is 6.68. The minimum atomic E-state index is -0.637. The van der Waals surface area contributed by atoms with Gasteiger partial charge < -0.3 is 9.15 Å². The molecular weight excluding hydrogens is 280 g/mol. The van der Waals surface area contributed by atoms with Crippen molar-refractivity contribution < 1.29 is 13.9 Å². The number of ether oxygens (including phenoxy) is 1. The highest BCUT2D eigenvalue weighted by Gasteiger charge is 2.16. The van der Waals surface area contributed by atoms with Crippen LogP contribution in [0.1, 0.15) is 28.9 Å². The molecule has 0 amide bonds. The van der Waals surface area contributed by atoms with E-state index in [0.717, 1.165) is 5.56 Å². The first-order valence-corrected chi connectivity index (χ1v) is 6.70. The van der Waals surface area contributed by atoms with E-state index in [1.165, 1.54) is 11.8 Å². The molecule has 8 heteroatoms. The van der Waals surface area contributed by atoms with E-state index in [4.69, 9.17) is 14.4 Å². The van der Waals surface area contributed by atoms with Gasteiger partial charge in [-0.2, -0.15) is 5.26 Å². The Morgan fingerprint density at radius 1 is 1.55 bits per heavy atom. The number of hydrogen-bond acceptors (Lipinski definition) is 8. The predicted octanol–water partition coefficient (Wildman–Crippen LogP) is 1.81. The van der Waals surface area contributed by atoms with Gasteiger partial charge in [-0.3, -0.25) is 0 Å². The molecule has 2 aromatic heterocycles. The summed E-state index contributed by atoms with van der Waals surface area (Å²) in [5.41, 5.74) is 1.25. The van der Waals surface area contributed by atoms with Crippen LogP contribution in [0.2, 0.25) is 0 Å². The van der Waals surface area contributed by atoms with Gasteiger partial charge in [0.15, 0.2) is 0 Å². The second-order valence-electron chi connectivity index (χ2n) is 3.54. The van der Waals surface area contributed by atoms with Crippen molar-refractivity contribution in [2.75, 3.05) is 6.61 Å². The molecule has 0 aliphatic heterocycles. The maximum absolute atomic E-state index is 11.3. The average Bonchev–Trinajstić information content (AvgIpc) is 2.94. The topological polar surface area (TPSA) is 102 Å². The van der Waals surface area contributed by atoms with Gasteiger partial charge in [-0.25, -0.2) is 9.78 Å². The van der Waals surface area contributed by atoms with Crippen LogP contribution in [0, 0.1) is 11.3 Å². The number of carbonyl (C=O) groups is 1. The third-order valence-electron chi connectivity index (χ3n) is 2.16. The molecule has 7 nitrogen and oxygen atoms in total. The molecule has 0 N–H and O–H groups in total. The fraction of sp³-hybridized carbons (Fsp3) is 0.250. The van der Waals surface area contributed by atoms with E-state index in [1.807, 2.05) is 6.07 Å². The fourth-order valence-corrected chi connectivity index (χ4v) is 2.02. The minimum absolute atomic E-state index is 0.165. The van der Waals surface area contributed by atoms with Gasteiger partial charge in [0.25, 0.3) is 5.22 Å². The minimum Gasteiger partial charge on any atom is -0.459 e. The van der Waals surface area contributed by atoms with Crippen LogP contribution in [0.25, 0.3) is 0 Å². The summed E-state index contributed by atoms with van der Waals surface area (Å²) in [5, 5.41) is 16.4. The Balaban J connectivity index is 1.97. The Morgan fingerprint density at radius 2 is 2.40 bits per heavy atom. The van der Waals surface area contributed by atoms with Crippen LogP contribution in [0.4, 0.5) is 0 Å². The molecule has 2 heterocycles. The summed E-state index contributed by atoms with van der Waals surface area (Å²) >= 11 is 1.26. The van der Waals surface area contributed by atoms with Crippen LogP contribution >= 0.6 is 11.8 Å². The molecule has 0 spiro atoms. The average molecular weight is 290 g/mol. The van der Waals surface area contributed by atoms with Gasteiger partial charge in [-0.1, -0.05) is 16.9 Å². The van der Waals surface area contributed by atoms with E-state index in [9.17, 15) is 4.79 Å². The molecule has 0 fully saturated rings. The highest BCUT2D eigenvalue weighted by atomic mass is 32.2. The van der Waals surface area contributed by atoms with E-state index >= 15 is 0 Å². The third kappa shape index (κ3) is 3.55. The lowest BCUT2D eigenvalue weighted by molar-refractivity contribution is 0.0475. The van der Waals surface area contributed by atoms with E-state index in [0.29, 0.717) is 11.4 Å². The molecular formula is C12H10N4O3S. The molecule has 0 saturated heterocycles. The predicted molar refractivity (Wildman–Crippen MR) is 68.8 cm³/mol. The largest absolute Gasteiger partial charge is 0.459 e. The van der Waals surface area contributed by atoms with Crippen molar-refractivity contribution in [2.24, 2.45) is 0 Å². The molecule has 0 aromatic carbocycles. The first-order chi connectivity index (χ1) is 9.72. The van der Waals surface area contributed by atoms with Crippen molar-refractivity contribution in [3.8, 4) is 6.07 Å². The number of rotatable bonds is 5. The Bertz CT molecular complexity index is 650. The van der Waals surface area contributed by atoms with Gasteiger partial charge >= 0.3 is 11.9 Å². The van der Waals surface area contributed by atoms with Crippen molar-refractivity contribution in [1.29, 1.82) is 5.26 Å². The maximum atomic E-state index is 11.3. The van der Waals surface area contributed by atoms with Crippen LogP contribution < -0.4 is 0 Å². The van der Waals surface area contributed by atoms with E-state index in [1.54, 1.807) is 25.3 Å². The molecule has 0 aliphatic carbocycles. The summed E-state index contributed by atoms with van der Waals surface area (Å²) < 4.78 is 9.91. The van der Waals surface area contributed by atoms with Crippen molar-refractivity contribution in [3.05, 3.63) is 35.5 Å². The third-order valence-corrected chi connectivity index (χ3v) is 3.05. The second-order valence-corrected chi connectivity index (χ2v) is 4.47. The summed E-state index contributed by atoms with van der Waals surface area (Å²) in [6.07, 6.45) is 1.56. The molecule has 0 unspecified atom stereocenters. The molecule has 0 radical (unpaired) electrons. The van der Waals surface area contributed by atoms with Crippen molar-refractivity contribution in [2.45, 2.75) is 17.9 Å². The quantitative estimate of drug-likeness (QED) is 0.606. The van der Waals surface area contributed by atoms with E-state index in [2.05, 4.69) is 15.2 Å². The summed E-state index contributed by atoms with van der Waals surface area (Å²) in [4.78, 5) is 15.2. The lowest BCUT2D eigenvalue weighted by Crippen LogP contribution is -2.04. The van der Waals surface area contributed by atoms with E-state index < -0.39 is 5.97 Å². The van der Waals surface area contributed by atoms with Crippen LogP contribution in [0.3, 0.4) is 0 Å². The Labute approximate surface area is 119 Å². The Morgan fingerprint density at radius 3 is 3.15 bits per heavy atom. The number of nitrogens with zero attached hydrogens (tertiary/aromatic N) is 4. The lowest BCUT2D eigenvalue weighted by atomic mass is 10.2. The monoisotopic (exact) mass is 290 g/mol. The van der Waals surface area contributed by atoms with Crippen LogP contribution in [-0.4, -0.2) is 27.8 Å². The Hall–Kier alpha value is -2.40. The van der Waals surface area contributed by atoms with Gasteiger partial charge in [0, 0.05) is 11.9 Å². The highest BCUT2D eigenvalue weighted by molar-refractivity contribution is 7.98. The summed E-state index contributed by atoms with van der Waals surface area (Å²) in [5.74, 6) is -0.272. The number of pyridine rings is 1. The molecule has 0 atom stereocenters. The lowest BCUT2D eigenvalue weighted by Gasteiger charge is -1.98. The van der Waals surface area contributed by atoms with Gasteiger partial charge in [-0.05, 0) is 24.6 Å². The van der Waals surface area contributed by atoms with Gasteiger partial charge in [0.1, 0.15) is 11.8 Å². The van der Waals surface area contributed by atoms with Crippen LogP contribution in [0.15, 0.2) is 28.0 Å². The van der Waals surface area contributed by atoms with Gasteiger partial charge in [0.05, 0.1) is 6.61 Å². The zero-order chi connectivity index (χ0) is 14.4. The molecule has 0 aliphatic rings. The zero-order valence-electron chi connectivity index (χ0n) is 10.6. The smallest absolute Gasteiger partial charge is 0.396 e. The molecule has 0 bridgehead atoms. The van der Waals surface area contributed by atoms with Gasteiger partial charge in [-0.15, -0.1) is 5.10 Å². The summed E-state index contributed by atoms with van der Waals surface area (Å²) in [6, 6.07) is 5.43. The highest BCUT2D eigenvalue weighted by Crippen LogP contribution is 2.21. The first-order valence-electron chi connectivity index (χ1n) is 5.71. The molecule has 2 aromatic rings. The fourth-order valence-electron chi connectivity index (χ4n) is 1.31. The number of thioether (sulfide) groups is 1. The zero-order valence-corrected chi connectivity index (χ0v) is 11.4. The molecule has 102 valence electrons. The van der Waals surface area contributed by atoms with Crippen LogP contribution in [-0.2, 0) is 10.5 Å².